The maximum absolute atomic E-state index is 12.6. The molecule has 0 unspecified atom stereocenters. The van der Waals surface area contributed by atoms with E-state index in [1.165, 1.54) is 0 Å². The smallest absolute Gasteiger partial charge is 0.228 e. The van der Waals surface area contributed by atoms with Gasteiger partial charge in [-0.1, -0.05) is 6.07 Å². The van der Waals surface area contributed by atoms with E-state index < -0.39 is 0 Å². The first-order chi connectivity index (χ1) is 12.1. The van der Waals surface area contributed by atoms with Crippen LogP contribution in [-0.2, 0) is 16.0 Å². The molecule has 1 amide bonds. The highest BCUT2D eigenvalue weighted by molar-refractivity contribution is 5.78. The van der Waals surface area contributed by atoms with Gasteiger partial charge in [0.1, 0.15) is 5.65 Å². The van der Waals surface area contributed by atoms with Crippen molar-refractivity contribution < 1.29 is 14.6 Å². The highest BCUT2D eigenvalue weighted by Gasteiger charge is 2.56. The van der Waals surface area contributed by atoms with Crippen molar-refractivity contribution in [3.05, 3.63) is 36.3 Å². The van der Waals surface area contributed by atoms with Gasteiger partial charge in [-0.05, 0) is 31.9 Å². The van der Waals surface area contributed by atoms with Crippen molar-refractivity contribution in [2.75, 3.05) is 19.7 Å². The molecule has 134 valence electrons. The van der Waals surface area contributed by atoms with Crippen LogP contribution in [0.25, 0.3) is 5.65 Å². The first-order valence-corrected chi connectivity index (χ1v) is 9.12. The molecular formula is C19H25N3O3. The largest absolute Gasteiger partial charge is 0.392 e. The van der Waals surface area contributed by atoms with Gasteiger partial charge in [0, 0.05) is 43.9 Å². The van der Waals surface area contributed by atoms with Crippen LogP contribution >= 0.6 is 0 Å². The van der Waals surface area contributed by atoms with Gasteiger partial charge in [0.05, 0.1) is 24.3 Å². The van der Waals surface area contributed by atoms with E-state index in [1.54, 1.807) is 0 Å². The third-order valence-electron chi connectivity index (χ3n) is 5.90. The summed E-state index contributed by atoms with van der Waals surface area (Å²) in [5.41, 5.74) is 1.52. The Morgan fingerprint density at radius 2 is 2.20 bits per heavy atom. The zero-order valence-corrected chi connectivity index (χ0v) is 14.6. The van der Waals surface area contributed by atoms with Crippen molar-refractivity contribution in [2.45, 2.75) is 44.8 Å². The zero-order valence-electron chi connectivity index (χ0n) is 14.6. The van der Waals surface area contributed by atoms with Crippen LogP contribution in [0.1, 0.15) is 31.9 Å². The number of carbonyl (C=O) groups is 1. The molecule has 4 rings (SSSR count). The van der Waals surface area contributed by atoms with Crippen LogP contribution in [0.2, 0.25) is 0 Å². The second-order valence-electron chi connectivity index (χ2n) is 7.18. The molecule has 1 aliphatic heterocycles. The Labute approximate surface area is 147 Å². The van der Waals surface area contributed by atoms with E-state index in [9.17, 15) is 9.90 Å². The van der Waals surface area contributed by atoms with Crippen molar-refractivity contribution in [3.8, 4) is 0 Å². The van der Waals surface area contributed by atoms with Crippen molar-refractivity contribution in [3.63, 3.8) is 0 Å². The van der Waals surface area contributed by atoms with E-state index in [0.717, 1.165) is 30.6 Å². The molecule has 3 heterocycles. The fourth-order valence-corrected chi connectivity index (χ4v) is 4.33. The lowest BCUT2D eigenvalue weighted by molar-refractivity contribution is -0.210. The molecular weight excluding hydrogens is 318 g/mol. The fourth-order valence-electron chi connectivity index (χ4n) is 4.33. The van der Waals surface area contributed by atoms with Crippen LogP contribution in [-0.4, -0.2) is 57.2 Å². The fraction of sp³-hybridized carbons (Fsp3) is 0.579. The predicted octanol–water partition coefficient (Wildman–Crippen LogP) is 1.66. The predicted molar refractivity (Wildman–Crippen MR) is 93.2 cm³/mol. The Balaban J connectivity index is 1.38. The highest BCUT2D eigenvalue weighted by atomic mass is 16.5. The van der Waals surface area contributed by atoms with E-state index in [1.807, 2.05) is 46.8 Å². The second kappa shape index (κ2) is 6.42. The van der Waals surface area contributed by atoms with E-state index in [-0.39, 0.29) is 23.5 Å². The number of likely N-dealkylation sites (tertiary alicyclic amines) is 1. The third kappa shape index (κ3) is 2.83. The summed E-state index contributed by atoms with van der Waals surface area (Å²) in [4.78, 5) is 19.0. The SMILES string of the molecule is CCO[C@@H]1C[C@@H](O)C12CCN(C(=O)Cc1cn3ccccc3n1)CC2. The van der Waals surface area contributed by atoms with Crippen molar-refractivity contribution in [1.82, 2.24) is 14.3 Å². The molecule has 2 aliphatic rings. The molecule has 2 aromatic rings. The van der Waals surface area contributed by atoms with Gasteiger partial charge in [-0.3, -0.25) is 4.79 Å². The number of aliphatic hydroxyl groups excluding tert-OH is 1. The van der Waals surface area contributed by atoms with Crippen LogP contribution in [0.3, 0.4) is 0 Å². The third-order valence-corrected chi connectivity index (χ3v) is 5.90. The normalized spacial score (nSPS) is 25.3. The molecule has 25 heavy (non-hydrogen) atoms. The zero-order chi connectivity index (χ0) is 17.4. The van der Waals surface area contributed by atoms with E-state index in [0.29, 0.717) is 26.1 Å². The van der Waals surface area contributed by atoms with Gasteiger partial charge in [0.15, 0.2) is 0 Å². The van der Waals surface area contributed by atoms with Gasteiger partial charge in [-0.2, -0.15) is 0 Å². The van der Waals surface area contributed by atoms with Crippen LogP contribution in [0.4, 0.5) is 0 Å². The lowest BCUT2D eigenvalue weighted by atomic mass is 9.58. The summed E-state index contributed by atoms with van der Waals surface area (Å²) in [5.74, 6) is 0.111. The summed E-state index contributed by atoms with van der Waals surface area (Å²) in [7, 11) is 0. The number of pyridine rings is 1. The van der Waals surface area contributed by atoms with Crippen LogP contribution < -0.4 is 0 Å². The summed E-state index contributed by atoms with van der Waals surface area (Å²) in [6.07, 6.45) is 6.38. The summed E-state index contributed by atoms with van der Waals surface area (Å²) in [6.45, 7) is 4.04. The monoisotopic (exact) mass is 343 g/mol. The Hall–Kier alpha value is -1.92. The number of imidazole rings is 1. The summed E-state index contributed by atoms with van der Waals surface area (Å²) in [6, 6.07) is 5.82. The number of rotatable bonds is 4. The molecule has 2 aromatic heterocycles. The van der Waals surface area contributed by atoms with Crippen LogP contribution in [0.5, 0.6) is 0 Å². The summed E-state index contributed by atoms with van der Waals surface area (Å²) >= 11 is 0. The topological polar surface area (TPSA) is 67.1 Å². The number of amides is 1. The lowest BCUT2D eigenvalue weighted by Gasteiger charge is -2.56. The van der Waals surface area contributed by atoms with Crippen LogP contribution in [0.15, 0.2) is 30.6 Å². The van der Waals surface area contributed by atoms with Gasteiger partial charge in [0.2, 0.25) is 5.91 Å². The number of fused-ring (bicyclic) bond motifs is 1. The van der Waals surface area contributed by atoms with E-state index >= 15 is 0 Å². The van der Waals surface area contributed by atoms with Crippen molar-refractivity contribution >= 4 is 11.6 Å². The molecule has 0 radical (unpaired) electrons. The highest BCUT2D eigenvalue weighted by Crippen LogP contribution is 2.50. The van der Waals surface area contributed by atoms with Gasteiger partial charge >= 0.3 is 0 Å². The molecule has 6 nitrogen and oxygen atoms in total. The molecule has 1 spiro atoms. The number of carbonyl (C=O) groups excluding carboxylic acids is 1. The van der Waals surface area contributed by atoms with E-state index in [4.69, 9.17) is 4.74 Å². The number of aliphatic hydroxyl groups is 1. The quantitative estimate of drug-likeness (QED) is 0.917. The summed E-state index contributed by atoms with van der Waals surface area (Å²) in [5, 5.41) is 10.3. The molecule has 1 saturated heterocycles. The molecule has 2 atom stereocenters. The number of hydrogen-bond acceptors (Lipinski definition) is 4. The molecule has 0 aromatic carbocycles. The minimum absolute atomic E-state index is 0.111. The maximum Gasteiger partial charge on any atom is 0.228 e. The molecule has 1 N–H and O–H groups in total. The first kappa shape index (κ1) is 16.5. The summed E-state index contributed by atoms with van der Waals surface area (Å²) < 4.78 is 7.73. The van der Waals surface area contributed by atoms with Gasteiger partial charge < -0.3 is 19.1 Å². The molecule has 1 saturated carbocycles. The van der Waals surface area contributed by atoms with Crippen LogP contribution in [0, 0.1) is 5.41 Å². The van der Waals surface area contributed by atoms with Crippen molar-refractivity contribution in [2.24, 2.45) is 5.41 Å². The minimum atomic E-state index is -0.292. The van der Waals surface area contributed by atoms with E-state index in [2.05, 4.69) is 4.98 Å². The minimum Gasteiger partial charge on any atom is -0.392 e. The maximum atomic E-state index is 12.6. The Morgan fingerprint density at radius 3 is 2.88 bits per heavy atom. The Bertz CT molecular complexity index is 729. The number of ether oxygens (including phenoxy) is 1. The van der Waals surface area contributed by atoms with Gasteiger partial charge in [-0.15, -0.1) is 0 Å². The number of piperidine rings is 1. The number of aromatic nitrogens is 2. The Morgan fingerprint density at radius 1 is 1.40 bits per heavy atom. The second-order valence-corrected chi connectivity index (χ2v) is 7.18. The standard InChI is InChI=1S/C19H25N3O3/c1-2-25-16-12-15(23)19(16)6-9-21(10-7-19)18(24)11-14-13-22-8-4-3-5-17(22)20-14/h3-5,8,13,15-16,23H,2,6-7,9-12H2,1H3/t15-,16-/m1/s1. The first-order valence-electron chi connectivity index (χ1n) is 9.12. The number of nitrogens with zero attached hydrogens (tertiary/aromatic N) is 3. The average Bonchev–Trinajstić information content (AvgIpc) is 3.04. The molecule has 0 bridgehead atoms. The van der Waals surface area contributed by atoms with Gasteiger partial charge in [0.25, 0.3) is 0 Å². The van der Waals surface area contributed by atoms with Crippen molar-refractivity contribution in [1.29, 1.82) is 0 Å². The lowest BCUT2D eigenvalue weighted by Crippen LogP contribution is -2.62. The molecule has 6 heteroatoms. The van der Waals surface area contributed by atoms with Gasteiger partial charge in [-0.25, -0.2) is 4.98 Å². The molecule has 2 fully saturated rings. The number of hydrogen-bond donors (Lipinski definition) is 1. The molecule has 1 aliphatic carbocycles. The Kier molecular flexibility index (Phi) is 4.25. The average molecular weight is 343 g/mol.